The van der Waals surface area contributed by atoms with Crippen LogP contribution in [0.25, 0.3) is 0 Å². The largest absolute Gasteiger partial charge is 0.0654 e. The number of hydrogen-bond donors (Lipinski definition) is 0. The molecule has 0 aromatic carbocycles. The van der Waals surface area contributed by atoms with Crippen LogP contribution in [-0.2, 0) is 0 Å². The summed E-state index contributed by atoms with van der Waals surface area (Å²) in [6.07, 6.45) is 123. The lowest BCUT2D eigenvalue weighted by molar-refractivity contribution is 0.328. The number of unbranched alkanes of at least 4 members (excludes halogenated alkanes) is 75. The summed E-state index contributed by atoms with van der Waals surface area (Å²) in [5.74, 6) is 1.10. The molecule has 504 valence electrons. The summed E-state index contributed by atoms with van der Waals surface area (Å²) < 4.78 is 0. The fourth-order valence-corrected chi connectivity index (χ4v) is 15.1. The summed E-state index contributed by atoms with van der Waals surface area (Å²) in [5.41, 5.74) is 0. The van der Waals surface area contributed by atoms with Gasteiger partial charge in [0.15, 0.2) is 0 Å². The van der Waals surface area contributed by atoms with E-state index in [0.29, 0.717) is 0 Å². The van der Waals surface area contributed by atoms with Crippen molar-refractivity contribution in [3.05, 3.63) is 0 Å². The first-order chi connectivity index (χ1) is 41.9. The summed E-state index contributed by atoms with van der Waals surface area (Å²) in [4.78, 5) is 0. The Balaban J connectivity index is 1.58. The van der Waals surface area contributed by atoms with Crippen LogP contribution in [0.5, 0.6) is 0 Å². The van der Waals surface area contributed by atoms with Crippen molar-refractivity contribution in [1.29, 1.82) is 0 Å². The molecule has 1 aliphatic rings. The first kappa shape index (κ1) is 82.0. The summed E-state index contributed by atoms with van der Waals surface area (Å²) in [7, 11) is 0. The predicted octanol–water partition coefficient (Wildman–Crippen LogP) is 32.6. The third kappa shape index (κ3) is 72.7. The average Bonchev–Trinajstić information content (AvgIpc) is 3.51. The van der Waals surface area contributed by atoms with E-state index in [9.17, 15) is 0 Å². The number of hydrogen-bond acceptors (Lipinski definition) is 0. The second kappa shape index (κ2) is 77.2. The zero-order chi connectivity index (χ0) is 59.6. The molecule has 1 saturated carbocycles. The lowest BCUT2D eigenvalue weighted by Crippen LogP contribution is -2.05. The summed E-state index contributed by atoms with van der Waals surface area (Å²) in [5, 5.41) is 0. The van der Waals surface area contributed by atoms with E-state index in [2.05, 4.69) is 6.92 Å². The molecule has 0 saturated heterocycles. The minimum Gasteiger partial charge on any atom is -0.0654 e. The third-order valence-corrected chi connectivity index (χ3v) is 21.2. The smallest absolute Gasteiger partial charge is 0.0414 e. The van der Waals surface area contributed by atoms with Crippen molar-refractivity contribution in [3.63, 3.8) is 0 Å². The molecule has 0 heteroatoms. The third-order valence-electron chi connectivity index (χ3n) is 21.2. The second-order valence-corrected chi connectivity index (χ2v) is 29.8. The van der Waals surface area contributed by atoms with E-state index >= 15 is 0 Å². The van der Waals surface area contributed by atoms with Crippen LogP contribution in [-0.4, -0.2) is 0 Å². The fourth-order valence-electron chi connectivity index (χ4n) is 15.1. The van der Waals surface area contributed by atoms with Crippen molar-refractivity contribution >= 4 is 0 Å². The van der Waals surface area contributed by atoms with Crippen molar-refractivity contribution in [2.45, 2.75) is 533 Å². The van der Waals surface area contributed by atoms with Crippen molar-refractivity contribution in [2.75, 3.05) is 0 Å². The standard InChI is InChI=1S/C84H168/c1-2-3-4-5-6-7-8-9-10-11-12-13-14-15-16-17-18-19-20-21-22-23-24-25-26-27-28-29-30-31-32-33-34-35-36-37-38-39-40-41-42-43-44-45-46-47-48-49-50-51-52-53-54-55-56-57-58-59-60-61-62-63-64-65-66-67-68-69-70-71-72-73-74-75-76-78-81-84-82-79-77-80-83-84/h84H,2-83H2,1H3. The molecule has 84 heavy (non-hydrogen) atoms. The monoisotopic (exact) mass is 1180 g/mol. The van der Waals surface area contributed by atoms with Crippen LogP contribution in [0, 0.1) is 5.92 Å². The zero-order valence-electron chi connectivity index (χ0n) is 59.6. The first-order valence-electron chi connectivity index (χ1n) is 41.9. The maximum Gasteiger partial charge on any atom is -0.0414 e. The molecule has 1 rings (SSSR count). The van der Waals surface area contributed by atoms with Gasteiger partial charge in [0.2, 0.25) is 0 Å². The van der Waals surface area contributed by atoms with Crippen molar-refractivity contribution < 1.29 is 0 Å². The molecule has 0 radical (unpaired) electrons. The molecule has 0 heterocycles. The van der Waals surface area contributed by atoms with E-state index in [1.54, 1.807) is 19.3 Å². The molecular formula is C84H168. The topological polar surface area (TPSA) is 0 Å². The SMILES string of the molecule is CCCCCCCCCCCCCCCCCCCCCCCCCCCCCCCCCCCCCCCCCCCCCCCCCCCCCCCCCCCCCCCCCCCCCCCCCCCCCCC1CCCCC1. The van der Waals surface area contributed by atoms with Crippen LogP contribution in [0.3, 0.4) is 0 Å². The molecule has 0 atom stereocenters. The molecule has 0 aromatic heterocycles. The summed E-state index contributed by atoms with van der Waals surface area (Å²) in [6.45, 7) is 2.32. The van der Waals surface area contributed by atoms with Gasteiger partial charge in [-0.1, -0.05) is 533 Å². The Morgan fingerprint density at radius 3 is 0.357 bits per heavy atom. The van der Waals surface area contributed by atoms with E-state index in [1.807, 2.05) is 0 Å². The molecule has 0 aromatic rings. The Morgan fingerprint density at radius 1 is 0.131 bits per heavy atom. The molecule has 0 N–H and O–H groups in total. The molecule has 0 amide bonds. The van der Waals surface area contributed by atoms with Crippen molar-refractivity contribution in [1.82, 2.24) is 0 Å². The van der Waals surface area contributed by atoms with Gasteiger partial charge in [0.25, 0.3) is 0 Å². The average molecular weight is 1180 g/mol. The minimum absolute atomic E-state index is 1.10. The first-order valence-corrected chi connectivity index (χ1v) is 41.9. The molecule has 1 fully saturated rings. The Morgan fingerprint density at radius 2 is 0.238 bits per heavy atom. The highest BCUT2D eigenvalue weighted by Crippen LogP contribution is 2.29. The van der Waals surface area contributed by atoms with Gasteiger partial charge in [0, 0.05) is 0 Å². The summed E-state index contributed by atoms with van der Waals surface area (Å²) >= 11 is 0. The predicted molar refractivity (Wildman–Crippen MR) is 388 cm³/mol. The molecule has 0 bridgehead atoms. The van der Waals surface area contributed by atoms with Crippen molar-refractivity contribution in [2.24, 2.45) is 5.92 Å². The highest BCUT2D eigenvalue weighted by atomic mass is 14.2. The molecular weight excluding hydrogens is 1010 g/mol. The van der Waals surface area contributed by atoms with Crippen LogP contribution < -0.4 is 0 Å². The molecule has 0 spiro atoms. The summed E-state index contributed by atoms with van der Waals surface area (Å²) in [6, 6.07) is 0. The van der Waals surface area contributed by atoms with Crippen LogP contribution in [0.4, 0.5) is 0 Å². The van der Waals surface area contributed by atoms with E-state index < -0.39 is 0 Å². The van der Waals surface area contributed by atoms with Crippen LogP contribution in [0.2, 0.25) is 0 Å². The van der Waals surface area contributed by atoms with Crippen LogP contribution in [0.1, 0.15) is 533 Å². The molecule has 0 nitrogen and oxygen atoms in total. The quantitative estimate of drug-likeness (QED) is 0.0533. The molecule has 0 unspecified atom stereocenters. The van der Waals surface area contributed by atoms with E-state index in [-0.39, 0.29) is 0 Å². The Kier molecular flexibility index (Phi) is 75.4. The lowest BCUT2D eigenvalue weighted by Gasteiger charge is -2.21. The maximum atomic E-state index is 2.32. The highest BCUT2D eigenvalue weighted by Gasteiger charge is 2.12. The van der Waals surface area contributed by atoms with Gasteiger partial charge in [-0.2, -0.15) is 0 Å². The lowest BCUT2D eigenvalue weighted by atomic mass is 9.85. The molecule has 1 aliphatic carbocycles. The number of rotatable bonds is 77. The molecule has 0 aliphatic heterocycles. The van der Waals surface area contributed by atoms with Crippen molar-refractivity contribution in [3.8, 4) is 0 Å². The normalized spacial score (nSPS) is 13.1. The van der Waals surface area contributed by atoms with Gasteiger partial charge < -0.3 is 0 Å². The van der Waals surface area contributed by atoms with Gasteiger partial charge in [0.05, 0.1) is 0 Å². The maximum absolute atomic E-state index is 2.32. The van der Waals surface area contributed by atoms with E-state index in [4.69, 9.17) is 0 Å². The van der Waals surface area contributed by atoms with Crippen LogP contribution >= 0.6 is 0 Å². The highest BCUT2D eigenvalue weighted by molar-refractivity contribution is 4.66. The van der Waals surface area contributed by atoms with Gasteiger partial charge in [-0.25, -0.2) is 0 Å². The Hall–Kier alpha value is 0. The van der Waals surface area contributed by atoms with Gasteiger partial charge in [-0.05, 0) is 5.92 Å². The van der Waals surface area contributed by atoms with Gasteiger partial charge in [0.1, 0.15) is 0 Å². The zero-order valence-corrected chi connectivity index (χ0v) is 59.6. The second-order valence-electron chi connectivity index (χ2n) is 29.8. The Labute approximate surface area is 536 Å². The van der Waals surface area contributed by atoms with Gasteiger partial charge in [-0.3, -0.25) is 0 Å². The van der Waals surface area contributed by atoms with E-state index in [1.165, 1.54) is 507 Å². The van der Waals surface area contributed by atoms with E-state index in [0.717, 1.165) is 5.92 Å². The fraction of sp³-hybridized carbons (Fsp3) is 1.00. The van der Waals surface area contributed by atoms with Gasteiger partial charge in [-0.15, -0.1) is 0 Å². The Bertz CT molecular complexity index is 1080. The van der Waals surface area contributed by atoms with Gasteiger partial charge >= 0.3 is 0 Å². The van der Waals surface area contributed by atoms with Crippen LogP contribution in [0.15, 0.2) is 0 Å². The minimum atomic E-state index is 1.10.